The van der Waals surface area contributed by atoms with Gasteiger partial charge in [-0.2, -0.15) is 0 Å². The van der Waals surface area contributed by atoms with Gasteiger partial charge in [-0.25, -0.2) is 4.39 Å². The van der Waals surface area contributed by atoms with E-state index in [0.717, 1.165) is 49.7 Å². The molecule has 2 heterocycles. The molecule has 0 aliphatic carbocycles. The van der Waals surface area contributed by atoms with Gasteiger partial charge in [0.05, 0.1) is 19.1 Å². The molecule has 2 aromatic rings. The third-order valence-corrected chi connectivity index (χ3v) is 5.59. The van der Waals surface area contributed by atoms with E-state index in [9.17, 15) is 9.18 Å². The predicted molar refractivity (Wildman–Crippen MR) is 105 cm³/mol. The summed E-state index contributed by atoms with van der Waals surface area (Å²) in [5.74, 6) is -0.423. The molecule has 4 rings (SSSR count). The molecule has 142 valence electrons. The molecule has 1 amide bonds. The van der Waals surface area contributed by atoms with Crippen LogP contribution in [0.2, 0.25) is 0 Å². The second-order valence-electron chi connectivity index (χ2n) is 7.16. The van der Waals surface area contributed by atoms with Crippen molar-refractivity contribution in [2.24, 2.45) is 0 Å². The maximum absolute atomic E-state index is 13.3. The van der Waals surface area contributed by atoms with Crippen molar-refractivity contribution in [1.82, 2.24) is 0 Å². The van der Waals surface area contributed by atoms with Crippen LogP contribution in [-0.2, 0) is 16.0 Å². The Hall–Kier alpha value is -2.40. The highest BCUT2D eigenvalue weighted by Crippen LogP contribution is 2.35. The maximum atomic E-state index is 13.3. The lowest BCUT2D eigenvalue weighted by molar-refractivity contribution is -0.120. The van der Waals surface area contributed by atoms with Crippen LogP contribution in [0.4, 0.5) is 15.8 Å². The Bertz CT molecular complexity index is 816. The number of fused-ring (bicyclic) bond motifs is 1. The fourth-order valence-corrected chi connectivity index (χ4v) is 4.05. The topological polar surface area (TPSA) is 32.8 Å². The molecule has 0 bridgehead atoms. The summed E-state index contributed by atoms with van der Waals surface area (Å²) in [5.41, 5.74) is 4.26. The predicted octanol–water partition coefficient (Wildman–Crippen LogP) is 3.75. The number of benzene rings is 2. The molecule has 1 unspecified atom stereocenters. The Morgan fingerprint density at radius 2 is 1.85 bits per heavy atom. The van der Waals surface area contributed by atoms with E-state index < -0.39 is 0 Å². The Morgan fingerprint density at radius 1 is 1.11 bits per heavy atom. The number of amides is 1. The van der Waals surface area contributed by atoms with E-state index in [0.29, 0.717) is 13.0 Å². The number of rotatable bonds is 4. The molecule has 27 heavy (non-hydrogen) atoms. The lowest BCUT2D eigenvalue weighted by atomic mass is 9.95. The Kier molecular flexibility index (Phi) is 5.12. The monoisotopic (exact) mass is 368 g/mol. The van der Waals surface area contributed by atoms with Crippen molar-refractivity contribution in [3.63, 3.8) is 0 Å². The molecular formula is C22H25FN2O2. The van der Waals surface area contributed by atoms with Crippen molar-refractivity contribution in [1.29, 1.82) is 0 Å². The number of nitrogens with zero attached hydrogens (tertiary/aromatic N) is 2. The number of morpholine rings is 1. The van der Waals surface area contributed by atoms with Crippen LogP contribution in [-0.4, -0.2) is 38.8 Å². The van der Waals surface area contributed by atoms with E-state index in [1.54, 1.807) is 12.1 Å². The maximum Gasteiger partial charge on any atom is 0.234 e. The lowest BCUT2D eigenvalue weighted by Gasteiger charge is -2.30. The van der Waals surface area contributed by atoms with Gasteiger partial charge in [0.15, 0.2) is 0 Å². The summed E-state index contributed by atoms with van der Waals surface area (Å²) < 4.78 is 18.7. The van der Waals surface area contributed by atoms with Gasteiger partial charge in [-0.05, 0) is 48.2 Å². The minimum absolute atomic E-state index is 0.0991. The summed E-state index contributed by atoms with van der Waals surface area (Å²) in [4.78, 5) is 17.5. The highest BCUT2D eigenvalue weighted by molar-refractivity contribution is 6.00. The highest BCUT2D eigenvalue weighted by Gasteiger charge is 2.31. The van der Waals surface area contributed by atoms with Gasteiger partial charge in [-0.1, -0.05) is 25.1 Å². The molecule has 2 aliphatic heterocycles. The molecule has 2 aromatic carbocycles. The number of ether oxygens (including phenoxy) is 1. The van der Waals surface area contributed by atoms with Crippen LogP contribution < -0.4 is 9.80 Å². The summed E-state index contributed by atoms with van der Waals surface area (Å²) in [6.45, 7) is 5.94. The number of hydrogen-bond donors (Lipinski definition) is 0. The normalized spacial score (nSPS) is 17.7. The van der Waals surface area contributed by atoms with E-state index in [1.807, 2.05) is 11.8 Å². The molecule has 0 aromatic heterocycles. The zero-order valence-corrected chi connectivity index (χ0v) is 15.7. The number of anilines is 2. The molecule has 0 radical (unpaired) electrons. The summed E-state index contributed by atoms with van der Waals surface area (Å²) in [6.07, 6.45) is 1.57. The molecule has 0 N–H and O–H groups in total. The van der Waals surface area contributed by atoms with Crippen molar-refractivity contribution in [2.75, 3.05) is 42.6 Å². The average Bonchev–Trinajstić information content (AvgIpc) is 3.14. The first-order chi connectivity index (χ1) is 13.2. The summed E-state index contributed by atoms with van der Waals surface area (Å²) in [7, 11) is 0. The van der Waals surface area contributed by atoms with E-state index >= 15 is 0 Å². The summed E-state index contributed by atoms with van der Waals surface area (Å²) in [6, 6.07) is 12.7. The lowest BCUT2D eigenvalue weighted by Crippen LogP contribution is -2.36. The van der Waals surface area contributed by atoms with E-state index in [-0.39, 0.29) is 17.6 Å². The van der Waals surface area contributed by atoms with Crippen molar-refractivity contribution >= 4 is 17.3 Å². The van der Waals surface area contributed by atoms with Crippen molar-refractivity contribution in [3.05, 3.63) is 59.4 Å². The first kappa shape index (κ1) is 18.0. The Labute approximate surface area is 159 Å². The van der Waals surface area contributed by atoms with Crippen LogP contribution >= 0.6 is 0 Å². The molecular weight excluding hydrogens is 343 g/mol. The van der Waals surface area contributed by atoms with Gasteiger partial charge in [-0.15, -0.1) is 0 Å². The van der Waals surface area contributed by atoms with Gasteiger partial charge < -0.3 is 14.5 Å². The number of carbonyl (C=O) groups excluding carboxylic acids is 1. The molecule has 1 saturated heterocycles. The van der Waals surface area contributed by atoms with Gasteiger partial charge in [-0.3, -0.25) is 4.79 Å². The number of hydrogen-bond acceptors (Lipinski definition) is 3. The molecule has 2 aliphatic rings. The second-order valence-corrected chi connectivity index (χ2v) is 7.16. The zero-order chi connectivity index (χ0) is 18.8. The molecule has 0 saturated carbocycles. The van der Waals surface area contributed by atoms with Crippen LogP contribution in [0.3, 0.4) is 0 Å². The van der Waals surface area contributed by atoms with Gasteiger partial charge in [0, 0.05) is 31.0 Å². The van der Waals surface area contributed by atoms with Crippen LogP contribution in [0.1, 0.15) is 30.4 Å². The first-order valence-electron chi connectivity index (χ1n) is 9.70. The standard InChI is InChI=1S/C22H25FN2O2/c1-2-20(16-3-6-18(23)7-4-16)22(26)25-10-9-17-5-8-19(15-21(17)25)24-11-13-27-14-12-24/h3-8,15,20H,2,9-14H2,1H3. The highest BCUT2D eigenvalue weighted by atomic mass is 19.1. The van der Waals surface area contributed by atoms with Crippen LogP contribution in [0.15, 0.2) is 42.5 Å². The SMILES string of the molecule is CCC(C(=O)N1CCc2ccc(N3CCOCC3)cc21)c1ccc(F)cc1. The molecule has 4 nitrogen and oxygen atoms in total. The van der Waals surface area contributed by atoms with E-state index in [4.69, 9.17) is 4.74 Å². The fourth-order valence-electron chi connectivity index (χ4n) is 4.05. The van der Waals surface area contributed by atoms with Gasteiger partial charge in [0.1, 0.15) is 5.82 Å². The van der Waals surface area contributed by atoms with Crippen LogP contribution in [0.25, 0.3) is 0 Å². The van der Waals surface area contributed by atoms with E-state index in [1.165, 1.54) is 17.7 Å². The van der Waals surface area contributed by atoms with Crippen molar-refractivity contribution < 1.29 is 13.9 Å². The number of halogens is 1. The zero-order valence-electron chi connectivity index (χ0n) is 15.7. The third kappa shape index (κ3) is 3.56. The number of carbonyl (C=O) groups is 1. The minimum atomic E-state index is -0.275. The molecule has 1 atom stereocenters. The summed E-state index contributed by atoms with van der Waals surface area (Å²) in [5, 5.41) is 0. The van der Waals surface area contributed by atoms with E-state index in [2.05, 4.69) is 23.1 Å². The molecule has 5 heteroatoms. The minimum Gasteiger partial charge on any atom is -0.378 e. The Morgan fingerprint density at radius 3 is 2.56 bits per heavy atom. The molecule has 0 spiro atoms. The average molecular weight is 368 g/mol. The van der Waals surface area contributed by atoms with Gasteiger partial charge in [0.25, 0.3) is 0 Å². The third-order valence-electron chi connectivity index (χ3n) is 5.59. The fraction of sp³-hybridized carbons (Fsp3) is 0.409. The van der Waals surface area contributed by atoms with Crippen LogP contribution in [0, 0.1) is 5.82 Å². The van der Waals surface area contributed by atoms with Crippen LogP contribution in [0.5, 0.6) is 0 Å². The van der Waals surface area contributed by atoms with Gasteiger partial charge >= 0.3 is 0 Å². The first-order valence-corrected chi connectivity index (χ1v) is 9.70. The molecule has 1 fully saturated rings. The van der Waals surface area contributed by atoms with Crippen molar-refractivity contribution in [2.45, 2.75) is 25.7 Å². The largest absolute Gasteiger partial charge is 0.378 e. The smallest absolute Gasteiger partial charge is 0.234 e. The summed E-state index contributed by atoms with van der Waals surface area (Å²) >= 11 is 0. The van der Waals surface area contributed by atoms with Crippen molar-refractivity contribution in [3.8, 4) is 0 Å². The Balaban J connectivity index is 1.60. The second kappa shape index (κ2) is 7.69. The quantitative estimate of drug-likeness (QED) is 0.824. The van der Waals surface area contributed by atoms with Gasteiger partial charge in [0.2, 0.25) is 5.91 Å².